The molecule has 1 N–H and O–H groups in total. The average Bonchev–Trinajstić information content (AvgIpc) is 2.54. The van der Waals surface area contributed by atoms with Gasteiger partial charge >= 0.3 is 0 Å². The number of rotatable bonds is 11. The van der Waals surface area contributed by atoms with Crippen molar-refractivity contribution in [2.75, 3.05) is 39.2 Å². The summed E-state index contributed by atoms with van der Waals surface area (Å²) in [6.07, 6.45) is 2.49. The highest BCUT2D eigenvalue weighted by Gasteiger charge is 2.33. The number of carbonyl (C=O) groups excluding carboxylic acids is 1. The van der Waals surface area contributed by atoms with E-state index in [4.69, 9.17) is 9.47 Å². The van der Waals surface area contributed by atoms with Gasteiger partial charge in [-0.25, -0.2) is 0 Å². The second-order valence-corrected chi connectivity index (χ2v) is 6.46. The maximum absolute atomic E-state index is 12.6. The lowest BCUT2D eigenvalue weighted by Gasteiger charge is -2.28. The normalized spacial score (nSPS) is 13.6. The summed E-state index contributed by atoms with van der Waals surface area (Å²) in [5.74, 6) is 0.701. The van der Waals surface area contributed by atoms with Gasteiger partial charge in [-0.1, -0.05) is 20.3 Å². The summed E-state index contributed by atoms with van der Waals surface area (Å²) in [6.45, 7) is 8.05. The van der Waals surface area contributed by atoms with Crippen molar-refractivity contribution in [3.8, 4) is 5.75 Å². The standard InChI is InChI=1S/C19H32N2O3/c1-6-12-19(3,24-14-7-2)18(22)20-16-8-10-17(11-9-16)23-15-13-21(4)5/h8-11H,6-7,12-15H2,1-5H3,(H,20,22). The van der Waals surface area contributed by atoms with Gasteiger partial charge in [0.15, 0.2) is 0 Å². The second kappa shape index (κ2) is 10.3. The summed E-state index contributed by atoms with van der Waals surface area (Å²) in [4.78, 5) is 14.7. The van der Waals surface area contributed by atoms with Crippen LogP contribution in [0.15, 0.2) is 24.3 Å². The van der Waals surface area contributed by atoms with Crippen LogP contribution < -0.4 is 10.1 Å². The molecular formula is C19H32N2O3. The minimum absolute atomic E-state index is 0.0981. The number of carbonyl (C=O) groups is 1. The summed E-state index contributed by atoms with van der Waals surface area (Å²) >= 11 is 0. The van der Waals surface area contributed by atoms with Crippen LogP contribution >= 0.6 is 0 Å². The molecule has 0 aliphatic heterocycles. The molecule has 1 aromatic carbocycles. The van der Waals surface area contributed by atoms with Crippen molar-refractivity contribution in [1.82, 2.24) is 4.90 Å². The number of amides is 1. The fourth-order valence-electron chi connectivity index (χ4n) is 2.30. The van der Waals surface area contributed by atoms with Gasteiger partial charge in [-0.2, -0.15) is 0 Å². The molecule has 1 aromatic rings. The minimum atomic E-state index is -0.786. The summed E-state index contributed by atoms with van der Waals surface area (Å²) in [5.41, 5.74) is -0.0339. The lowest BCUT2D eigenvalue weighted by molar-refractivity contribution is -0.140. The van der Waals surface area contributed by atoms with Crippen molar-refractivity contribution in [2.24, 2.45) is 0 Å². The zero-order chi connectivity index (χ0) is 18.0. The van der Waals surface area contributed by atoms with Crippen LogP contribution in [0.1, 0.15) is 40.0 Å². The molecule has 1 amide bonds. The predicted molar refractivity (Wildman–Crippen MR) is 98.7 cm³/mol. The van der Waals surface area contributed by atoms with E-state index in [0.29, 0.717) is 19.6 Å². The van der Waals surface area contributed by atoms with Gasteiger partial charge in [0.05, 0.1) is 0 Å². The molecule has 0 radical (unpaired) electrons. The first-order valence-corrected chi connectivity index (χ1v) is 8.74. The molecule has 0 saturated heterocycles. The van der Waals surface area contributed by atoms with Crippen molar-refractivity contribution in [1.29, 1.82) is 0 Å². The van der Waals surface area contributed by atoms with Crippen molar-refractivity contribution in [3.05, 3.63) is 24.3 Å². The molecule has 0 aliphatic rings. The first kappa shape index (κ1) is 20.5. The highest BCUT2D eigenvalue weighted by molar-refractivity contribution is 5.97. The molecule has 1 unspecified atom stereocenters. The number of likely N-dealkylation sites (N-methyl/N-ethyl adjacent to an activating group) is 1. The van der Waals surface area contributed by atoms with Crippen molar-refractivity contribution in [3.63, 3.8) is 0 Å². The van der Waals surface area contributed by atoms with E-state index < -0.39 is 5.60 Å². The molecule has 0 bridgehead atoms. The van der Waals surface area contributed by atoms with Crippen LogP contribution in [-0.2, 0) is 9.53 Å². The number of nitrogens with zero attached hydrogens (tertiary/aromatic N) is 1. The molecule has 0 saturated carbocycles. The van der Waals surface area contributed by atoms with Crippen LogP contribution in [-0.4, -0.2) is 50.3 Å². The van der Waals surface area contributed by atoms with Crippen molar-refractivity contribution < 1.29 is 14.3 Å². The molecule has 0 fully saturated rings. The van der Waals surface area contributed by atoms with Crippen LogP contribution in [0.4, 0.5) is 5.69 Å². The van der Waals surface area contributed by atoms with E-state index in [2.05, 4.69) is 17.1 Å². The fourth-order valence-corrected chi connectivity index (χ4v) is 2.30. The molecule has 1 rings (SSSR count). The van der Waals surface area contributed by atoms with Gasteiger partial charge in [0.2, 0.25) is 0 Å². The zero-order valence-electron chi connectivity index (χ0n) is 15.7. The van der Waals surface area contributed by atoms with Gasteiger partial charge in [0, 0.05) is 18.8 Å². The quantitative estimate of drug-likeness (QED) is 0.671. The Morgan fingerprint density at radius 2 is 1.79 bits per heavy atom. The van der Waals surface area contributed by atoms with E-state index >= 15 is 0 Å². The number of hydrogen-bond acceptors (Lipinski definition) is 4. The fraction of sp³-hybridized carbons (Fsp3) is 0.632. The summed E-state index contributed by atoms with van der Waals surface area (Å²) in [5, 5.41) is 2.95. The number of ether oxygens (including phenoxy) is 2. The summed E-state index contributed by atoms with van der Waals surface area (Å²) in [7, 11) is 4.02. The number of anilines is 1. The van der Waals surface area contributed by atoms with Crippen molar-refractivity contribution in [2.45, 2.75) is 45.6 Å². The Morgan fingerprint density at radius 1 is 1.12 bits per heavy atom. The highest BCUT2D eigenvalue weighted by atomic mass is 16.5. The number of benzene rings is 1. The number of nitrogens with one attached hydrogen (secondary N) is 1. The van der Waals surface area contributed by atoms with E-state index in [1.807, 2.05) is 52.2 Å². The van der Waals surface area contributed by atoms with Crippen molar-refractivity contribution >= 4 is 11.6 Å². The third kappa shape index (κ3) is 6.89. The zero-order valence-corrected chi connectivity index (χ0v) is 15.7. The van der Waals surface area contributed by atoms with Crippen LogP contribution in [0.3, 0.4) is 0 Å². The molecule has 0 aromatic heterocycles. The van der Waals surface area contributed by atoms with Crippen LogP contribution in [0.5, 0.6) is 5.75 Å². The topological polar surface area (TPSA) is 50.8 Å². The Kier molecular flexibility index (Phi) is 8.79. The monoisotopic (exact) mass is 336 g/mol. The Bertz CT molecular complexity index is 488. The average molecular weight is 336 g/mol. The van der Waals surface area contributed by atoms with E-state index in [1.165, 1.54) is 0 Å². The highest BCUT2D eigenvalue weighted by Crippen LogP contribution is 2.22. The van der Waals surface area contributed by atoms with Gasteiger partial charge in [0.25, 0.3) is 5.91 Å². The predicted octanol–water partition coefficient (Wildman–Crippen LogP) is 3.55. The molecule has 0 aliphatic carbocycles. The van der Waals surface area contributed by atoms with Crippen LogP contribution in [0.25, 0.3) is 0 Å². The lowest BCUT2D eigenvalue weighted by atomic mass is 9.99. The largest absolute Gasteiger partial charge is 0.492 e. The first-order chi connectivity index (χ1) is 11.4. The molecule has 0 spiro atoms. The molecule has 136 valence electrons. The maximum atomic E-state index is 12.6. The first-order valence-electron chi connectivity index (χ1n) is 8.74. The minimum Gasteiger partial charge on any atom is -0.492 e. The summed E-state index contributed by atoms with van der Waals surface area (Å²) in [6, 6.07) is 7.45. The Hall–Kier alpha value is -1.59. The van der Waals surface area contributed by atoms with Gasteiger partial charge in [-0.05, 0) is 58.1 Å². The van der Waals surface area contributed by atoms with Gasteiger partial charge < -0.3 is 19.7 Å². The van der Waals surface area contributed by atoms with E-state index in [0.717, 1.165) is 30.8 Å². The van der Waals surface area contributed by atoms with Gasteiger partial charge in [-0.15, -0.1) is 0 Å². The Morgan fingerprint density at radius 3 is 2.33 bits per heavy atom. The molecule has 5 nitrogen and oxygen atoms in total. The molecule has 24 heavy (non-hydrogen) atoms. The maximum Gasteiger partial charge on any atom is 0.256 e. The SMILES string of the molecule is CCCOC(C)(CCC)C(=O)Nc1ccc(OCCN(C)C)cc1. The van der Waals surface area contributed by atoms with E-state index in [9.17, 15) is 4.79 Å². The van der Waals surface area contributed by atoms with Gasteiger partial charge in [0.1, 0.15) is 18.0 Å². The Balaban J connectivity index is 2.61. The molecule has 1 atom stereocenters. The summed E-state index contributed by atoms with van der Waals surface area (Å²) < 4.78 is 11.5. The second-order valence-electron chi connectivity index (χ2n) is 6.46. The third-order valence-corrected chi connectivity index (χ3v) is 3.75. The smallest absolute Gasteiger partial charge is 0.256 e. The van der Waals surface area contributed by atoms with E-state index in [-0.39, 0.29) is 5.91 Å². The third-order valence-electron chi connectivity index (χ3n) is 3.75. The molecule has 5 heteroatoms. The van der Waals surface area contributed by atoms with E-state index in [1.54, 1.807) is 0 Å². The number of hydrogen-bond donors (Lipinski definition) is 1. The van der Waals surface area contributed by atoms with Crippen LogP contribution in [0.2, 0.25) is 0 Å². The Labute approximate surface area is 146 Å². The van der Waals surface area contributed by atoms with Crippen LogP contribution in [0, 0.1) is 0 Å². The molecule has 0 heterocycles. The molecular weight excluding hydrogens is 304 g/mol. The lowest BCUT2D eigenvalue weighted by Crippen LogP contribution is -2.43. The van der Waals surface area contributed by atoms with Gasteiger partial charge in [-0.3, -0.25) is 4.79 Å².